The van der Waals surface area contributed by atoms with Crippen molar-refractivity contribution in [2.24, 2.45) is 0 Å². The van der Waals surface area contributed by atoms with Gasteiger partial charge in [-0.05, 0) is 173 Å². The van der Waals surface area contributed by atoms with Gasteiger partial charge in [0, 0.05) is 67.2 Å². The third kappa shape index (κ3) is 8.48. The first-order chi connectivity index (χ1) is 41.3. The van der Waals surface area contributed by atoms with Crippen LogP contribution >= 0.6 is 0 Å². The van der Waals surface area contributed by atoms with E-state index in [-0.39, 0.29) is 28.4 Å². The second-order valence-electron chi connectivity index (χ2n) is 27.8. The number of benzene rings is 11. The molecule has 2 aliphatic heterocycles. The number of anilines is 9. The van der Waals surface area contributed by atoms with E-state index < -0.39 is 0 Å². The van der Waals surface area contributed by atoms with Crippen LogP contribution in [0.15, 0.2) is 241 Å². The number of rotatable bonds is 7. The van der Waals surface area contributed by atoms with Crippen LogP contribution in [0.3, 0.4) is 0 Å². The molecule has 0 saturated carbocycles. The van der Waals surface area contributed by atoms with E-state index in [1.54, 1.807) is 0 Å². The lowest BCUT2D eigenvalue weighted by molar-refractivity contribution is 0.590. The van der Waals surface area contributed by atoms with Crippen LogP contribution in [0.25, 0.3) is 55.3 Å². The highest BCUT2D eigenvalue weighted by atomic mass is 16.3. The average molecular weight is 1110 g/mol. The molecule has 11 aromatic carbocycles. The quantitative estimate of drug-likeness (QED) is 0.148. The molecule has 0 spiro atoms. The first-order valence-electron chi connectivity index (χ1n) is 30.7. The van der Waals surface area contributed by atoms with Crippen LogP contribution in [0.4, 0.5) is 51.2 Å². The van der Waals surface area contributed by atoms with Gasteiger partial charge in [-0.1, -0.05) is 228 Å². The molecule has 3 aliphatic rings. The van der Waals surface area contributed by atoms with Crippen LogP contribution < -0.4 is 31.1 Å². The van der Waals surface area contributed by atoms with Crippen LogP contribution in [-0.4, -0.2) is 6.71 Å². The Hall–Kier alpha value is -9.32. The SMILES string of the molecule is CC(C)(C)c1ccc(N(c2ccc3c(c2)N(c2ccc4c(c2)C(C)(C)c2ccccc2-4)c2cc(C(C)(C)C)cc4c2B3c2cc(C(C)(C)C)ccc2N4c2ccc(-c3cccc4oc5ccccc5c34)cc2)c2ccccc2-c2ccccc2)cc1. The zero-order chi connectivity index (χ0) is 59.2. The molecular formula is C81H72BN3O. The molecule has 3 heterocycles. The molecule has 0 radical (unpaired) electrons. The summed E-state index contributed by atoms with van der Waals surface area (Å²) >= 11 is 0. The minimum atomic E-state index is -0.212. The third-order valence-corrected chi connectivity index (χ3v) is 18.9. The predicted octanol–water partition coefficient (Wildman–Crippen LogP) is 20.7. The molecular weight excluding hydrogens is 1040 g/mol. The van der Waals surface area contributed by atoms with Crippen LogP contribution in [0, 0.1) is 0 Å². The van der Waals surface area contributed by atoms with Gasteiger partial charge in [0.15, 0.2) is 0 Å². The second-order valence-corrected chi connectivity index (χ2v) is 27.8. The normalized spacial score (nSPS) is 14.0. The molecule has 5 heteroatoms. The fourth-order valence-electron chi connectivity index (χ4n) is 14.3. The molecule has 0 N–H and O–H groups in total. The fraction of sp³-hybridized carbons (Fsp3) is 0.185. The minimum absolute atomic E-state index is 0.00469. The van der Waals surface area contributed by atoms with Crippen molar-refractivity contribution >= 4 is 96.2 Å². The van der Waals surface area contributed by atoms with E-state index in [0.717, 1.165) is 61.5 Å². The van der Waals surface area contributed by atoms with Gasteiger partial charge < -0.3 is 19.1 Å². The number of para-hydroxylation sites is 2. The maximum absolute atomic E-state index is 6.41. The van der Waals surface area contributed by atoms with Crippen molar-refractivity contribution in [3.8, 4) is 33.4 Å². The van der Waals surface area contributed by atoms with Gasteiger partial charge >= 0.3 is 0 Å². The van der Waals surface area contributed by atoms with Crippen LogP contribution in [0.5, 0.6) is 0 Å². The van der Waals surface area contributed by atoms with E-state index in [1.165, 1.54) is 89.2 Å². The Morgan fingerprint density at radius 1 is 0.384 bits per heavy atom. The maximum Gasteiger partial charge on any atom is 0.252 e. The molecule has 0 saturated heterocycles. The van der Waals surface area contributed by atoms with Crippen molar-refractivity contribution in [2.75, 3.05) is 14.7 Å². The lowest BCUT2D eigenvalue weighted by Crippen LogP contribution is -2.61. The Balaban J connectivity index is 0.999. The van der Waals surface area contributed by atoms with Gasteiger partial charge in [0.25, 0.3) is 6.71 Å². The molecule has 12 aromatic rings. The molecule has 4 nitrogen and oxygen atoms in total. The number of furan rings is 1. The molecule has 1 aromatic heterocycles. The number of hydrogen-bond acceptors (Lipinski definition) is 4. The summed E-state index contributed by atoms with van der Waals surface area (Å²) in [6.45, 7) is 25.7. The van der Waals surface area contributed by atoms with Crippen molar-refractivity contribution in [1.29, 1.82) is 0 Å². The first-order valence-corrected chi connectivity index (χ1v) is 30.7. The summed E-state index contributed by atoms with van der Waals surface area (Å²) in [4.78, 5) is 7.71. The summed E-state index contributed by atoms with van der Waals surface area (Å²) in [6, 6.07) is 89.3. The fourth-order valence-corrected chi connectivity index (χ4v) is 14.3. The molecule has 1 aliphatic carbocycles. The molecule has 0 amide bonds. The predicted molar refractivity (Wildman–Crippen MR) is 367 cm³/mol. The summed E-state index contributed by atoms with van der Waals surface area (Å²) in [5.41, 5.74) is 29.4. The number of nitrogens with zero attached hydrogens (tertiary/aromatic N) is 3. The van der Waals surface area contributed by atoms with E-state index in [4.69, 9.17) is 4.42 Å². The van der Waals surface area contributed by atoms with Crippen molar-refractivity contribution in [3.63, 3.8) is 0 Å². The summed E-state index contributed by atoms with van der Waals surface area (Å²) in [6.07, 6.45) is 0. The number of fused-ring (bicyclic) bond motifs is 10. The second kappa shape index (κ2) is 19.4. The van der Waals surface area contributed by atoms with Crippen molar-refractivity contribution in [3.05, 3.63) is 264 Å². The van der Waals surface area contributed by atoms with E-state index in [9.17, 15) is 0 Å². The smallest absolute Gasteiger partial charge is 0.252 e. The molecule has 420 valence electrons. The van der Waals surface area contributed by atoms with Gasteiger partial charge in [-0.25, -0.2) is 0 Å². The van der Waals surface area contributed by atoms with Crippen LogP contribution in [0.1, 0.15) is 104 Å². The zero-order valence-corrected chi connectivity index (χ0v) is 51.3. The monoisotopic (exact) mass is 1110 g/mol. The molecule has 0 atom stereocenters. The maximum atomic E-state index is 6.41. The molecule has 0 bridgehead atoms. The number of hydrogen-bond donors (Lipinski definition) is 0. The first kappa shape index (κ1) is 53.4. The molecule has 0 fully saturated rings. The van der Waals surface area contributed by atoms with E-state index in [1.807, 2.05) is 6.07 Å². The Bertz CT molecular complexity index is 4680. The van der Waals surface area contributed by atoms with Crippen molar-refractivity contribution in [1.82, 2.24) is 0 Å². The zero-order valence-electron chi connectivity index (χ0n) is 51.3. The van der Waals surface area contributed by atoms with E-state index in [2.05, 4.69) is 321 Å². The van der Waals surface area contributed by atoms with E-state index >= 15 is 0 Å². The summed E-state index contributed by atoms with van der Waals surface area (Å²) in [5, 5.41) is 2.28. The topological polar surface area (TPSA) is 22.9 Å². The summed E-state index contributed by atoms with van der Waals surface area (Å²) in [5.74, 6) is 0. The van der Waals surface area contributed by atoms with E-state index in [0.29, 0.717) is 0 Å². The molecule has 15 rings (SSSR count). The highest BCUT2D eigenvalue weighted by molar-refractivity contribution is 7.00. The Morgan fingerprint density at radius 3 is 1.70 bits per heavy atom. The highest BCUT2D eigenvalue weighted by Gasteiger charge is 2.46. The lowest BCUT2D eigenvalue weighted by atomic mass is 9.33. The Morgan fingerprint density at radius 2 is 0.965 bits per heavy atom. The molecule has 0 unspecified atom stereocenters. The Kier molecular flexibility index (Phi) is 12.0. The van der Waals surface area contributed by atoms with Crippen molar-refractivity contribution < 1.29 is 4.42 Å². The standard InChI is InChI=1S/C81H72BN3O/c1-78(2,3)53-34-39-56(40-35-53)83(69-29-19-16-24-60(69)51-22-13-12-14-23-51)59-42-44-67-71(50-59)85(58-41-43-63-62-25-15-18-28-65(62)81(10,11)66(63)49-58)73-48-55(80(7,8)9)47-72-77(73)82(67)68-46-54(79(4,5)6)36-45-70(68)84(72)57-37-32-52(33-38-57)61-27-21-31-75-76(61)64-26-17-20-30-74(64)86-75/h12-50H,1-11H3. The lowest BCUT2D eigenvalue weighted by Gasteiger charge is -2.46. The molecule has 86 heavy (non-hydrogen) atoms. The average Bonchev–Trinajstić information content (AvgIpc) is 0.809. The van der Waals surface area contributed by atoms with Gasteiger partial charge in [-0.15, -0.1) is 0 Å². The van der Waals surface area contributed by atoms with Gasteiger partial charge in [-0.2, -0.15) is 0 Å². The minimum Gasteiger partial charge on any atom is -0.456 e. The van der Waals surface area contributed by atoms with Gasteiger partial charge in [-0.3, -0.25) is 0 Å². The van der Waals surface area contributed by atoms with Crippen LogP contribution in [-0.2, 0) is 21.7 Å². The summed E-state index contributed by atoms with van der Waals surface area (Å²) in [7, 11) is 0. The third-order valence-electron chi connectivity index (χ3n) is 18.9. The van der Waals surface area contributed by atoms with Crippen molar-refractivity contribution in [2.45, 2.75) is 97.8 Å². The van der Waals surface area contributed by atoms with Gasteiger partial charge in [0.2, 0.25) is 0 Å². The largest absolute Gasteiger partial charge is 0.456 e. The van der Waals surface area contributed by atoms with Gasteiger partial charge in [0.1, 0.15) is 11.2 Å². The highest BCUT2D eigenvalue weighted by Crippen LogP contribution is 2.54. The van der Waals surface area contributed by atoms with Crippen LogP contribution in [0.2, 0.25) is 0 Å². The van der Waals surface area contributed by atoms with Gasteiger partial charge in [0.05, 0.1) is 5.69 Å². The summed E-state index contributed by atoms with van der Waals surface area (Å²) < 4.78 is 6.41. The Labute approximate surface area is 508 Å².